The van der Waals surface area contributed by atoms with Crippen LogP contribution in [0.4, 0.5) is 0 Å². The van der Waals surface area contributed by atoms with Gasteiger partial charge < -0.3 is 4.57 Å². The molecule has 0 saturated carbocycles. The van der Waals surface area contributed by atoms with Gasteiger partial charge in [0, 0.05) is 11.5 Å². The molecule has 2 rings (SSSR count). The van der Waals surface area contributed by atoms with E-state index in [0.29, 0.717) is 0 Å². The van der Waals surface area contributed by atoms with E-state index in [0.717, 1.165) is 17.0 Å². The van der Waals surface area contributed by atoms with Gasteiger partial charge in [-0.25, -0.2) is 0 Å². The molecule has 0 amide bonds. The summed E-state index contributed by atoms with van der Waals surface area (Å²) in [7, 11) is -2.12. The molecule has 1 heterocycles. The lowest BCUT2D eigenvalue weighted by Gasteiger charge is -2.08. The molecular weight excluding hydrogens is 167 g/mol. The van der Waals surface area contributed by atoms with Gasteiger partial charge in [0.2, 0.25) is 0 Å². The Morgan fingerprint density at radius 1 is 1.33 bits per heavy atom. The van der Waals surface area contributed by atoms with Crippen LogP contribution in [0.2, 0.25) is 0 Å². The van der Waals surface area contributed by atoms with Crippen LogP contribution >= 0.6 is 7.14 Å². The van der Waals surface area contributed by atoms with Crippen LogP contribution in [0.5, 0.6) is 0 Å². The number of benzene rings is 1. The number of hydrogen-bond acceptors (Lipinski definition) is 1. The predicted octanol–water partition coefficient (Wildman–Crippen LogP) is 2.68. The minimum atomic E-state index is -2.12. The SMILES string of the molecule is CCP1(=O)C=Cc2ccccc21. The lowest BCUT2D eigenvalue weighted by atomic mass is 10.2. The van der Waals surface area contributed by atoms with E-state index < -0.39 is 7.14 Å². The van der Waals surface area contributed by atoms with Crippen molar-refractivity contribution in [1.82, 2.24) is 0 Å². The summed E-state index contributed by atoms with van der Waals surface area (Å²) in [5, 5.41) is 1.03. The molecule has 1 atom stereocenters. The third-order valence-electron chi connectivity index (χ3n) is 2.31. The van der Waals surface area contributed by atoms with Crippen molar-refractivity contribution in [2.24, 2.45) is 0 Å². The molecule has 1 nitrogen and oxygen atoms in total. The van der Waals surface area contributed by atoms with Crippen molar-refractivity contribution < 1.29 is 4.57 Å². The van der Waals surface area contributed by atoms with Gasteiger partial charge in [-0.05, 0) is 11.4 Å². The molecule has 0 aromatic heterocycles. The molecule has 1 aromatic carbocycles. The molecule has 0 saturated heterocycles. The fourth-order valence-electron chi connectivity index (χ4n) is 1.53. The standard InChI is InChI=1S/C10H11OP/c1-2-12(11)8-7-9-5-3-4-6-10(9)12/h3-8H,2H2,1H3. The van der Waals surface area contributed by atoms with Gasteiger partial charge in [0.25, 0.3) is 0 Å². The Morgan fingerprint density at radius 3 is 2.83 bits per heavy atom. The molecule has 1 unspecified atom stereocenters. The first-order chi connectivity index (χ1) is 5.76. The third-order valence-corrected chi connectivity index (χ3v) is 5.10. The van der Waals surface area contributed by atoms with E-state index in [-0.39, 0.29) is 0 Å². The highest BCUT2D eigenvalue weighted by molar-refractivity contribution is 7.75. The first-order valence-corrected chi connectivity index (χ1v) is 6.10. The maximum absolute atomic E-state index is 12.1. The molecule has 0 spiro atoms. The molecule has 1 aromatic rings. The summed E-state index contributed by atoms with van der Waals surface area (Å²) in [4.78, 5) is 0. The summed E-state index contributed by atoms with van der Waals surface area (Å²) >= 11 is 0. The Hall–Kier alpha value is -0.810. The Balaban J connectivity index is 2.64. The number of hydrogen-bond donors (Lipinski definition) is 0. The van der Waals surface area contributed by atoms with E-state index in [4.69, 9.17) is 0 Å². The van der Waals surface area contributed by atoms with E-state index in [1.807, 2.05) is 43.1 Å². The van der Waals surface area contributed by atoms with Gasteiger partial charge in [-0.2, -0.15) is 0 Å². The van der Waals surface area contributed by atoms with Crippen molar-refractivity contribution in [1.29, 1.82) is 0 Å². The third kappa shape index (κ3) is 0.971. The normalized spacial score (nSPS) is 25.8. The monoisotopic (exact) mass is 178 g/mol. The second-order valence-corrected chi connectivity index (χ2v) is 5.99. The topological polar surface area (TPSA) is 17.1 Å². The molecule has 0 aliphatic carbocycles. The lowest BCUT2D eigenvalue weighted by molar-refractivity contribution is 0.587. The molecule has 1 aliphatic heterocycles. The van der Waals surface area contributed by atoms with Crippen molar-refractivity contribution in [2.45, 2.75) is 6.92 Å². The highest BCUT2D eigenvalue weighted by Crippen LogP contribution is 2.50. The van der Waals surface area contributed by atoms with Gasteiger partial charge in [0.1, 0.15) is 7.14 Å². The molecule has 0 N–H and O–H groups in total. The summed E-state index contributed by atoms with van der Waals surface area (Å²) in [6.07, 6.45) is 2.71. The molecule has 0 fully saturated rings. The molecule has 12 heavy (non-hydrogen) atoms. The van der Waals surface area contributed by atoms with Gasteiger partial charge >= 0.3 is 0 Å². The molecule has 2 heteroatoms. The van der Waals surface area contributed by atoms with Crippen LogP contribution in [-0.4, -0.2) is 6.16 Å². The molecular formula is C10H11OP. The van der Waals surface area contributed by atoms with Crippen LogP contribution in [0.15, 0.2) is 30.1 Å². The summed E-state index contributed by atoms with van der Waals surface area (Å²) in [5.41, 5.74) is 1.13. The zero-order chi connectivity index (χ0) is 8.60. The van der Waals surface area contributed by atoms with Crippen LogP contribution in [0.3, 0.4) is 0 Å². The molecule has 62 valence electrons. The van der Waals surface area contributed by atoms with Gasteiger partial charge in [0.15, 0.2) is 0 Å². The van der Waals surface area contributed by atoms with E-state index in [9.17, 15) is 4.57 Å². The fourth-order valence-corrected chi connectivity index (χ4v) is 3.57. The quantitative estimate of drug-likeness (QED) is 0.604. The average molecular weight is 178 g/mol. The molecule has 1 aliphatic rings. The number of rotatable bonds is 1. The number of fused-ring (bicyclic) bond motifs is 1. The van der Waals surface area contributed by atoms with Crippen molar-refractivity contribution in [3.63, 3.8) is 0 Å². The molecule has 0 bridgehead atoms. The minimum absolute atomic E-state index is 0.737. The average Bonchev–Trinajstić information content (AvgIpc) is 2.46. The summed E-state index contributed by atoms with van der Waals surface area (Å²) < 4.78 is 12.1. The van der Waals surface area contributed by atoms with Crippen LogP contribution in [0, 0.1) is 0 Å². The first-order valence-electron chi connectivity index (χ1n) is 4.14. The van der Waals surface area contributed by atoms with Crippen molar-refractivity contribution in [3.8, 4) is 0 Å². The minimum Gasteiger partial charge on any atom is -0.314 e. The van der Waals surface area contributed by atoms with Crippen LogP contribution < -0.4 is 5.30 Å². The maximum atomic E-state index is 12.1. The van der Waals surface area contributed by atoms with Gasteiger partial charge in [0.05, 0.1) is 0 Å². The van der Waals surface area contributed by atoms with Gasteiger partial charge in [-0.15, -0.1) is 0 Å². The van der Waals surface area contributed by atoms with Crippen molar-refractivity contribution >= 4 is 18.5 Å². The van der Waals surface area contributed by atoms with E-state index in [2.05, 4.69) is 0 Å². The van der Waals surface area contributed by atoms with Crippen molar-refractivity contribution in [3.05, 3.63) is 35.6 Å². The van der Waals surface area contributed by atoms with Gasteiger partial charge in [-0.3, -0.25) is 0 Å². The summed E-state index contributed by atoms with van der Waals surface area (Å²) in [6.45, 7) is 1.98. The van der Waals surface area contributed by atoms with Crippen LogP contribution in [0.25, 0.3) is 6.08 Å². The predicted molar refractivity (Wildman–Crippen MR) is 53.3 cm³/mol. The van der Waals surface area contributed by atoms with Gasteiger partial charge in [-0.1, -0.05) is 37.3 Å². The Labute approximate surface area is 72.5 Å². The maximum Gasteiger partial charge on any atom is 0.136 e. The zero-order valence-electron chi connectivity index (χ0n) is 7.03. The fraction of sp³-hybridized carbons (Fsp3) is 0.200. The lowest BCUT2D eigenvalue weighted by Crippen LogP contribution is -2.03. The smallest absolute Gasteiger partial charge is 0.136 e. The zero-order valence-corrected chi connectivity index (χ0v) is 7.92. The van der Waals surface area contributed by atoms with E-state index >= 15 is 0 Å². The first kappa shape index (κ1) is 7.82. The summed E-state index contributed by atoms with van der Waals surface area (Å²) in [6, 6.07) is 7.92. The van der Waals surface area contributed by atoms with Crippen LogP contribution in [-0.2, 0) is 4.57 Å². The Kier molecular flexibility index (Phi) is 1.69. The largest absolute Gasteiger partial charge is 0.314 e. The highest BCUT2D eigenvalue weighted by Gasteiger charge is 2.25. The van der Waals surface area contributed by atoms with Crippen molar-refractivity contribution in [2.75, 3.05) is 6.16 Å². The second kappa shape index (κ2) is 2.60. The highest BCUT2D eigenvalue weighted by atomic mass is 31.2. The Bertz CT molecular complexity index is 379. The van der Waals surface area contributed by atoms with E-state index in [1.54, 1.807) is 0 Å². The summed E-state index contributed by atoms with van der Waals surface area (Å²) in [5.74, 6) is 1.87. The van der Waals surface area contributed by atoms with E-state index in [1.165, 1.54) is 0 Å². The second-order valence-electron chi connectivity index (χ2n) is 2.99. The Morgan fingerprint density at radius 2 is 2.08 bits per heavy atom. The van der Waals surface area contributed by atoms with Crippen LogP contribution in [0.1, 0.15) is 12.5 Å². The molecule has 0 radical (unpaired) electrons.